The summed E-state index contributed by atoms with van der Waals surface area (Å²) >= 11 is 0. The molecule has 7 nitrogen and oxygen atoms in total. The van der Waals surface area contributed by atoms with Gasteiger partial charge in [-0.15, -0.1) is 0 Å². The van der Waals surface area contributed by atoms with Gasteiger partial charge in [-0.25, -0.2) is 13.1 Å². The molecule has 106 valence electrons. The Morgan fingerprint density at radius 3 is 2.26 bits per heavy atom. The molecule has 0 aliphatic rings. The molecule has 0 bridgehead atoms. The largest absolute Gasteiger partial charge is 0.387 e. The molecule has 0 spiro atoms. The topological polar surface area (TPSA) is 101 Å². The number of hydrogen-bond donors (Lipinski definition) is 2. The highest BCUT2D eigenvalue weighted by Gasteiger charge is 2.25. The van der Waals surface area contributed by atoms with Gasteiger partial charge < -0.3 is 5.32 Å². The van der Waals surface area contributed by atoms with Crippen molar-refractivity contribution in [3.63, 3.8) is 0 Å². The second-order valence-corrected chi connectivity index (χ2v) is 6.69. The monoisotopic (exact) mass is 287 g/mol. The van der Waals surface area contributed by atoms with Crippen LogP contribution in [0.25, 0.3) is 0 Å². The van der Waals surface area contributed by atoms with Gasteiger partial charge in [-0.1, -0.05) is 0 Å². The van der Waals surface area contributed by atoms with E-state index in [2.05, 4.69) is 10.0 Å². The number of anilines is 1. The summed E-state index contributed by atoms with van der Waals surface area (Å²) in [6.07, 6.45) is 0. The Morgan fingerprint density at radius 1 is 1.26 bits per heavy atom. The minimum absolute atomic E-state index is 0.0180. The average Bonchev–Trinajstić information content (AvgIpc) is 2.24. The second kappa shape index (κ2) is 5.14. The molecule has 0 unspecified atom stereocenters. The Bertz CT molecular complexity index is 590. The van der Waals surface area contributed by atoms with Crippen LogP contribution in [0.5, 0.6) is 0 Å². The van der Waals surface area contributed by atoms with Crippen LogP contribution < -0.4 is 10.0 Å². The van der Waals surface area contributed by atoms with Gasteiger partial charge in [0.15, 0.2) is 0 Å². The molecule has 19 heavy (non-hydrogen) atoms. The van der Waals surface area contributed by atoms with Gasteiger partial charge in [-0.2, -0.15) is 0 Å². The van der Waals surface area contributed by atoms with Gasteiger partial charge in [0.25, 0.3) is 5.69 Å². The smallest absolute Gasteiger partial charge is 0.271 e. The van der Waals surface area contributed by atoms with E-state index < -0.39 is 20.5 Å². The maximum atomic E-state index is 12.2. The number of nitro groups is 1. The molecule has 0 aliphatic carbocycles. The van der Waals surface area contributed by atoms with Crippen LogP contribution in [-0.2, 0) is 10.0 Å². The van der Waals surface area contributed by atoms with E-state index in [1.54, 1.807) is 20.8 Å². The second-order valence-electron chi connectivity index (χ2n) is 5.04. The molecule has 0 heterocycles. The predicted molar refractivity (Wildman–Crippen MR) is 72.7 cm³/mol. The van der Waals surface area contributed by atoms with Crippen molar-refractivity contribution in [2.24, 2.45) is 0 Å². The van der Waals surface area contributed by atoms with Crippen molar-refractivity contribution in [3.8, 4) is 0 Å². The Balaban J connectivity index is 3.31. The summed E-state index contributed by atoms with van der Waals surface area (Å²) in [6.45, 7) is 5.15. The van der Waals surface area contributed by atoms with E-state index in [0.29, 0.717) is 0 Å². The van der Waals surface area contributed by atoms with Gasteiger partial charge in [-0.3, -0.25) is 10.1 Å². The Kier molecular flexibility index (Phi) is 4.16. The van der Waals surface area contributed by atoms with E-state index >= 15 is 0 Å². The molecule has 0 fully saturated rings. The summed E-state index contributed by atoms with van der Waals surface area (Å²) in [5.41, 5.74) is -0.615. The van der Waals surface area contributed by atoms with Crippen LogP contribution in [0.4, 0.5) is 11.4 Å². The van der Waals surface area contributed by atoms with E-state index in [1.807, 2.05) is 0 Å². The first-order chi connectivity index (χ1) is 8.57. The molecule has 0 atom stereocenters. The lowest BCUT2D eigenvalue weighted by atomic mass is 10.1. The normalized spacial score (nSPS) is 12.2. The zero-order chi connectivity index (χ0) is 14.8. The molecule has 2 N–H and O–H groups in total. The van der Waals surface area contributed by atoms with E-state index in [0.717, 1.165) is 6.07 Å². The van der Waals surface area contributed by atoms with Crippen molar-refractivity contribution in [1.82, 2.24) is 4.72 Å². The van der Waals surface area contributed by atoms with Crippen molar-refractivity contribution in [1.29, 1.82) is 0 Å². The fourth-order valence-electron chi connectivity index (χ4n) is 1.52. The molecule has 0 aliphatic heterocycles. The summed E-state index contributed by atoms with van der Waals surface area (Å²) in [4.78, 5) is 10.1. The lowest BCUT2D eigenvalue weighted by Crippen LogP contribution is -2.40. The predicted octanol–water partition coefficient (Wildman–Crippen LogP) is 1.71. The molecule has 1 aromatic rings. The van der Waals surface area contributed by atoms with Crippen LogP contribution in [0.15, 0.2) is 23.1 Å². The van der Waals surface area contributed by atoms with Gasteiger partial charge >= 0.3 is 0 Å². The van der Waals surface area contributed by atoms with Crippen LogP contribution in [0.3, 0.4) is 0 Å². The van der Waals surface area contributed by atoms with E-state index in [-0.39, 0.29) is 16.3 Å². The van der Waals surface area contributed by atoms with E-state index in [1.165, 1.54) is 19.2 Å². The molecular weight excluding hydrogens is 270 g/mol. The Labute approximate surface area is 112 Å². The molecule has 8 heteroatoms. The van der Waals surface area contributed by atoms with Crippen molar-refractivity contribution < 1.29 is 13.3 Å². The van der Waals surface area contributed by atoms with Gasteiger partial charge in [-0.05, 0) is 26.8 Å². The third-order valence-corrected chi connectivity index (χ3v) is 3.99. The van der Waals surface area contributed by atoms with Crippen LogP contribution >= 0.6 is 0 Å². The van der Waals surface area contributed by atoms with Crippen molar-refractivity contribution >= 4 is 21.4 Å². The minimum atomic E-state index is -3.74. The molecule has 1 aromatic carbocycles. The number of rotatable bonds is 4. The van der Waals surface area contributed by atoms with E-state index in [9.17, 15) is 18.5 Å². The standard InChI is InChI=1S/C11H17N3O4S/c1-11(2,3)13-19(17,18)10-6-5-8(14(15)16)7-9(10)12-4/h5-7,12-13H,1-4H3. The van der Waals surface area contributed by atoms with Crippen molar-refractivity contribution in [3.05, 3.63) is 28.3 Å². The highest BCUT2D eigenvalue weighted by Crippen LogP contribution is 2.26. The molecule has 1 rings (SSSR count). The van der Waals surface area contributed by atoms with Crippen LogP contribution in [-0.4, -0.2) is 25.9 Å². The van der Waals surface area contributed by atoms with Gasteiger partial charge in [0, 0.05) is 24.7 Å². The average molecular weight is 287 g/mol. The first-order valence-electron chi connectivity index (χ1n) is 5.57. The van der Waals surface area contributed by atoms with Crippen LogP contribution in [0.1, 0.15) is 20.8 Å². The summed E-state index contributed by atoms with van der Waals surface area (Å²) in [5.74, 6) is 0. The third kappa shape index (κ3) is 3.90. The van der Waals surface area contributed by atoms with Gasteiger partial charge in [0.2, 0.25) is 10.0 Å². The maximum absolute atomic E-state index is 12.2. The van der Waals surface area contributed by atoms with Gasteiger partial charge in [0.05, 0.1) is 10.6 Å². The number of non-ortho nitro benzene ring substituents is 1. The van der Waals surface area contributed by atoms with Crippen LogP contribution in [0, 0.1) is 10.1 Å². The number of benzene rings is 1. The summed E-state index contributed by atoms with van der Waals surface area (Å²) in [7, 11) is -2.23. The first kappa shape index (κ1) is 15.4. The summed E-state index contributed by atoms with van der Waals surface area (Å²) in [5, 5.41) is 13.3. The van der Waals surface area contributed by atoms with Crippen molar-refractivity contribution in [2.75, 3.05) is 12.4 Å². The van der Waals surface area contributed by atoms with Gasteiger partial charge in [0.1, 0.15) is 4.90 Å². The SMILES string of the molecule is CNc1cc([N+](=O)[O-])ccc1S(=O)(=O)NC(C)(C)C. The number of nitrogens with one attached hydrogen (secondary N) is 2. The zero-order valence-electron chi connectivity index (χ0n) is 11.2. The van der Waals surface area contributed by atoms with Crippen molar-refractivity contribution in [2.45, 2.75) is 31.2 Å². The number of hydrogen-bond acceptors (Lipinski definition) is 5. The molecule has 0 aromatic heterocycles. The quantitative estimate of drug-likeness (QED) is 0.648. The maximum Gasteiger partial charge on any atom is 0.271 e. The lowest BCUT2D eigenvalue weighted by Gasteiger charge is -2.21. The van der Waals surface area contributed by atoms with Crippen LogP contribution in [0.2, 0.25) is 0 Å². The first-order valence-corrected chi connectivity index (χ1v) is 7.05. The third-order valence-electron chi connectivity index (χ3n) is 2.17. The number of sulfonamides is 1. The fourth-order valence-corrected chi connectivity index (χ4v) is 3.13. The molecule has 0 amide bonds. The fraction of sp³-hybridized carbons (Fsp3) is 0.455. The Hall–Kier alpha value is -1.67. The molecule has 0 saturated carbocycles. The number of nitro benzene ring substituents is 1. The summed E-state index contributed by atoms with van der Waals surface area (Å²) < 4.78 is 26.9. The van der Waals surface area contributed by atoms with E-state index in [4.69, 9.17) is 0 Å². The highest BCUT2D eigenvalue weighted by atomic mass is 32.2. The molecule has 0 radical (unpaired) electrons. The zero-order valence-corrected chi connectivity index (χ0v) is 12.0. The highest BCUT2D eigenvalue weighted by molar-refractivity contribution is 7.89. The Morgan fingerprint density at radius 2 is 1.84 bits per heavy atom. The number of nitrogens with zero attached hydrogens (tertiary/aromatic N) is 1. The molecular formula is C11H17N3O4S. The lowest BCUT2D eigenvalue weighted by molar-refractivity contribution is -0.384. The molecule has 0 saturated heterocycles. The summed E-state index contributed by atoms with van der Waals surface area (Å²) in [6, 6.07) is 3.58. The minimum Gasteiger partial charge on any atom is -0.387 e.